The van der Waals surface area contributed by atoms with Gasteiger partial charge in [-0.15, -0.1) is 0 Å². The van der Waals surface area contributed by atoms with E-state index in [0.717, 1.165) is 26.3 Å². The van der Waals surface area contributed by atoms with Gasteiger partial charge in [-0.1, -0.05) is 13.5 Å². The molecular weight excluding hydrogens is 170 g/mol. The van der Waals surface area contributed by atoms with Gasteiger partial charge in [-0.2, -0.15) is 0 Å². The van der Waals surface area contributed by atoms with Gasteiger partial charge in [0, 0.05) is 18.7 Å². The highest BCUT2D eigenvalue weighted by Crippen LogP contribution is 1.93. The zero-order valence-corrected chi connectivity index (χ0v) is 8.01. The normalized spacial score (nSPS) is 15.5. The van der Waals surface area contributed by atoms with Crippen molar-refractivity contribution in [2.75, 3.05) is 26.3 Å². The average Bonchev–Trinajstić information content (AvgIpc) is 2.20. The van der Waals surface area contributed by atoms with Crippen LogP contribution in [0.15, 0.2) is 12.2 Å². The van der Waals surface area contributed by atoms with Crippen LogP contribution in [0, 0.1) is 0 Å². The molecule has 0 radical (unpaired) electrons. The van der Waals surface area contributed by atoms with Crippen molar-refractivity contribution in [1.29, 1.82) is 0 Å². The third-order valence-electron chi connectivity index (χ3n) is 1.58. The van der Waals surface area contributed by atoms with E-state index in [2.05, 4.69) is 11.9 Å². The lowest BCUT2D eigenvalue weighted by Gasteiger charge is -2.10. The first-order valence-corrected chi connectivity index (χ1v) is 4.38. The number of aliphatic carboxylic acids is 1. The lowest BCUT2D eigenvalue weighted by atomic mass is 10.2. The average molecular weight is 187 g/mol. The molecule has 0 amide bonds. The zero-order valence-electron chi connectivity index (χ0n) is 8.01. The number of rotatable bonds is 2. The minimum atomic E-state index is -0.900. The second-order valence-electron chi connectivity index (χ2n) is 2.62. The summed E-state index contributed by atoms with van der Waals surface area (Å²) >= 11 is 0. The topological polar surface area (TPSA) is 58.6 Å². The lowest BCUT2D eigenvalue weighted by Crippen LogP contribution is -2.30. The predicted molar refractivity (Wildman–Crippen MR) is 50.8 cm³/mol. The first kappa shape index (κ1) is 12.1. The fraction of sp³-hybridized carbons (Fsp3) is 0.667. The van der Waals surface area contributed by atoms with Gasteiger partial charge in [-0.25, -0.2) is 4.79 Å². The smallest absolute Gasteiger partial charge is 0.330 e. The number of hydrogen-bond acceptors (Lipinski definition) is 3. The number of morpholine rings is 1. The third kappa shape index (κ3) is 7.49. The molecule has 1 rings (SSSR count). The molecule has 1 aliphatic rings. The Morgan fingerprint density at radius 3 is 2.15 bits per heavy atom. The van der Waals surface area contributed by atoms with Crippen LogP contribution in [-0.2, 0) is 9.53 Å². The molecule has 1 aliphatic heterocycles. The fourth-order valence-electron chi connectivity index (χ4n) is 0.667. The molecule has 0 aromatic heterocycles. The Bertz CT molecular complexity index is 153. The van der Waals surface area contributed by atoms with Crippen LogP contribution < -0.4 is 5.32 Å². The molecule has 76 valence electrons. The van der Waals surface area contributed by atoms with E-state index in [1.54, 1.807) is 6.92 Å². The predicted octanol–water partition coefficient (Wildman–Crippen LogP) is 0.643. The first-order valence-electron chi connectivity index (χ1n) is 4.38. The molecule has 0 aromatic carbocycles. The maximum absolute atomic E-state index is 9.83. The highest BCUT2D eigenvalue weighted by molar-refractivity contribution is 5.85. The summed E-state index contributed by atoms with van der Waals surface area (Å²) < 4.78 is 5.01. The first-order chi connectivity index (χ1) is 6.18. The van der Waals surface area contributed by atoms with Crippen LogP contribution in [0.2, 0.25) is 0 Å². The highest BCUT2D eigenvalue weighted by atomic mass is 16.5. The Labute approximate surface area is 78.6 Å². The van der Waals surface area contributed by atoms with Crippen molar-refractivity contribution in [3.8, 4) is 0 Å². The maximum atomic E-state index is 9.83. The summed E-state index contributed by atoms with van der Waals surface area (Å²) in [4.78, 5) is 9.83. The van der Waals surface area contributed by atoms with Gasteiger partial charge < -0.3 is 15.2 Å². The lowest BCUT2D eigenvalue weighted by molar-refractivity contribution is -0.132. The Morgan fingerprint density at radius 1 is 1.54 bits per heavy atom. The molecule has 13 heavy (non-hydrogen) atoms. The van der Waals surface area contributed by atoms with Crippen LogP contribution in [0.1, 0.15) is 13.3 Å². The Hall–Kier alpha value is -0.870. The summed E-state index contributed by atoms with van der Waals surface area (Å²) in [6, 6.07) is 0. The molecule has 1 fully saturated rings. The van der Waals surface area contributed by atoms with Gasteiger partial charge >= 0.3 is 5.97 Å². The molecule has 2 N–H and O–H groups in total. The second kappa shape index (κ2) is 7.76. The Kier molecular flexibility index (Phi) is 7.24. The van der Waals surface area contributed by atoms with Crippen molar-refractivity contribution in [2.24, 2.45) is 0 Å². The van der Waals surface area contributed by atoms with Gasteiger partial charge in [0.15, 0.2) is 0 Å². The van der Waals surface area contributed by atoms with E-state index in [1.165, 1.54) is 0 Å². The number of carbonyl (C=O) groups is 1. The Morgan fingerprint density at radius 2 is 2.08 bits per heavy atom. The van der Waals surface area contributed by atoms with E-state index >= 15 is 0 Å². The zero-order chi connectivity index (χ0) is 10.1. The molecule has 4 nitrogen and oxygen atoms in total. The van der Waals surface area contributed by atoms with Crippen LogP contribution in [-0.4, -0.2) is 37.4 Å². The van der Waals surface area contributed by atoms with Crippen LogP contribution in [0.25, 0.3) is 0 Å². The minimum absolute atomic E-state index is 0.264. The van der Waals surface area contributed by atoms with E-state index in [9.17, 15) is 4.79 Å². The van der Waals surface area contributed by atoms with E-state index in [0.29, 0.717) is 6.42 Å². The molecule has 0 atom stereocenters. The quantitative estimate of drug-likeness (QED) is 0.623. The Balaban J connectivity index is 0.000000223. The van der Waals surface area contributed by atoms with Gasteiger partial charge in [-0.3, -0.25) is 0 Å². The number of nitrogens with one attached hydrogen (secondary N) is 1. The molecule has 0 bridgehead atoms. The number of carboxylic acids is 1. The van der Waals surface area contributed by atoms with Crippen LogP contribution in [0.5, 0.6) is 0 Å². The molecule has 0 aromatic rings. The van der Waals surface area contributed by atoms with E-state index in [1.807, 2.05) is 0 Å². The second-order valence-corrected chi connectivity index (χ2v) is 2.62. The molecule has 0 saturated carbocycles. The molecular formula is C9H17NO3. The monoisotopic (exact) mass is 187 g/mol. The van der Waals surface area contributed by atoms with Crippen molar-refractivity contribution in [3.63, 3.8) is 0 Å². The van der Waals surface area contributed by atoms with Crippen molar-refractivity contribution in [2.45, 2.75) is 13.3 Å². The third-order valence-corrected chi connectivity index (χ3v) is 1.58. The molecule has 0 aliphatic carbocycles. The van der Waals surface area contributed by atoms with Gasteiger partial charge in [0.2, 0.25) is 0 Å². The van der Waals surface area contributed by atoms with Gasteiger partial charge in [-0.05, 0) is 6.42 Å². The fourth-order valence-corrected chi connectivity index (χ4v) is 0.667. The van der Waals surface area contributed by atoms with Gasteiger partial charge in [0.1, 0.15) is 0 Å². The summed E-state index contributed by atoms with van der Waals surface area (Å²) in [5.41, 5.74) is 0.264. The molecule has 1 saturated heterocycles. The molecule has 0 unspecified atom stereocenters. The van der Waals surface area contributed by atoms with Crippen LogP contribution >= 0.6 is 0 Å². The maximum Gasteiger partial charge on any atom is 0.330 e. The minimum Gasteiger partial charge on any atom is -0.478 e. The molecule has 0 spiro atoms. The van der Waals surface area contributed by atoms with Crippen molar-refractivity contribution in [1.82, 2.24) is 5.32 Å². The number of ether oxygens (including phenoxy) is 1. The summed E-state index contributed by atoms with van der Waals surface area (Å²) in [7, 11) is 0. The SMILES string of the molecule is C1COCCN1.C=C(CC)C(=O)O. The van der Waals surface area contributed by atoms with E-state index < -0.39 is 5.97 Å². The van der Waals surface area contributed by atoms with Crippen molar-refractivity contribution in [3.05, 3.63) is 12.2 Å². The summed E-state index contributed by atoms with van der Waals surface area (Å²) in [6.07, 6.45) is 0.523. The standard InChI is InChI=1S/C5H8O2.C4H9NO/c1-3-4(2)5(6)7;1-3-6-4-2-5-1/h2-3H2,1H3,(H,6,7);5H,1-4H2. The largest absolute Gasteiger partial charge is 0.478 e. The number of carboxylic acid groups (broad SMARTS) is 1. The summed E-state index contributed by atoms with van der Waals surface area (Å²) in [6.45, 7) is 8.87. The number of hydrogen-bond donors (Lipinski definition) is 2. The summed E-state index contributed by atoms with van der Waals surface area (Å²) in [5, 5.41) is 11.2. The van der Waals surface area contributed by atoms with Crippen molar-refractivity contribution >= 4 is 5.97 Å². The summed E-state index contributed by atoms with van der Waals surface area (Å²) in [5.74, 6) is -0.900. The van der Waals surface area contributed by atoms with E-state index in [4.69, 9.17) is 9.84 Å². The van der Waals surface area contributed by atoms with Gasteiger partial charge in [0.05, 0.1) is 13.2 Å². The van der Waals surface area contributed by atoms with E-state index in [-0.39, 0.29) is 5.57 Å². The highest BCUT2D eigenvalue weighted by Gasteiger charge is 1.96. The van der Waals surface area contributed by atoms with Crippen LogP contribution in [0.3, 0.4) is 0 Å². The van der Waals surface area contributed by atoms with Crippen molar-refractivity contribution < 1.29 is 14.6 Å². The molecule has 1 heterocycles. The van der Waals surface area contributed by atoms with Crippen LogP contribution in [0.4, 0.5) is 0 Å². The van der Waals surface area contributed by atoms with Gasteiger partial charge in [0.25, 0.3) is 0 Å². The molecule has 4 heteroatoms.